The van der Waals surface area contributed by atoms with Crippen LogP contribution in [0.15, 0.2) is 91.0 Å². The standard InChI is InChI=1S/C26H21FO7/c27-23-22(34-26(30)19-14-8-3-9-15-19)21(33-25(29)18-12-6-2-7-13-18)20(16-31-23)32-24(28)17-10-4-1-5-11-17/h1-15,20-23H,16H2/t20-,21-,22+,23+/m1/s1. The summed E-state index contributed by atoms with van der Waals surface area (Å²) in [6.07, 6.45) is -6.44. The number of hydrogen-bond donors (Lipinski definition) is 0. The van der Waals surface area contributed by atoms with Crippen LogP contribution in [0.3, 0.4) is 0 Å². The molecule has 0 N–H and O–H groups in total. The summed E-state index contributed by atoms with van der Waals surface area (Å²) >= 11 is 0. The number of benzene rings is 3. The molecule has 8 heteroatoms. The van der Waals surface area contributed by atoms with Crippen LogP contribution in [-0.2, 0) is 18.9 Å². The van der Waals surface area contributed by atoms with Crippen LogP contribution in [0.1, 0.15) is 31.1 Å². The largest absolute Gasteiger partial charge is 0.452 e. The van der Waals surface area contributed by atoms with E-state index in [1.807, 2.05) is 0 Å². The Morgan fingerprint density at radius 3 is 1.44 bits per heavy atom. The molecule has 0 aliphatic carbocycles. The van der Waals surface area contributed by atoms with E-state index in [0.29, 0.717) is 0 Å². The topological polar surface area (TPSA) is 88.1 Å². The van der Waals surface area contributed by atoms with E-state index < -0.39 is 49.2 Å². The van der Waals surface area contributed by atoms with Crippen molar-refractivity contribution < 1.29 is 37.7 Å². The van der Waals surface area contributed by atoms with E-state index >= 15 is 0 Å². The fraction of sp³-hybridized carbons (Fsp3) is 0.192. The summed E-state index contributed by atoms with van der Waals surface area (Å²) in [5.74, 6) is -2.35. The van der Waals surface area contributed by atoms with Gasteiger partial charge in [0.1, 0.15) is 0 Å². The van der Waals surface area contributed by atoms with E-state index in [1.54, 1.807) is 66.7 Å². The summed E-state index contributed by atoms with van der Waals surface area (Å²) in [5, 5.41) is 0. The van der Waals surface area contributed by atoms with Crippen LogP contribution in [-0.4, -0.2) is 49.2 Å². The Bertz CT molecular complexity index is 1120. The van der Waals surface area contributed by atoms with Gasteiger partial charge in [0.05, 0.1) is 23.3 Å². The van der Waals surface area contributed by atoms with Crippen molar-refractivity contribution in [3.8, 4) is 0 Å². The maximum absolute atomic E-state index is 14.8. The first kappa shape index (κ1) is 23.1. The minimum Gasteiger partial charge on any atom is -0.452 e. The van der Waals surface area contributed by atoms with Crippen LogP contribution in [0.2, 0.25) is 0 Å². The Hall–Kier alpha value is -4.04. The Morgan fingerprint density at radius 1 is 0.618 bits per heavy atom. The van der Waals surface area contributed by atoms with Gasteiger partial charge in [0.2, 0.25) is 6.36 Å². The Morgan fingerprint density at radius 2 is 1.00 bits per heavy atom. The van der Waals surface area contributed by atoms with E-state index in [4.69, 9.17) is 18.9 Å². The monoisotopic (exact) mass is 464 g/mol. The van der Waals surface area contributed by atoms with Crippen molar-refractivity contribution in [2.75, 3.05) is 6.61 Å². The summed E-state index contributed by atoms with van der Waals surface area (Å²) in [7, 11) is 0. The predicted octanol–water partition coefficient (Wildman–Crippen LogP) is 3.99. The van der Waals surface area contributed by atoms with Crippen LogP contribution in [0.25, 0.3) is 0 Å². The molecule has 3 aromatic rings. The summed E-state index contributed by atoms with van der Waals surface area (Å²) in [6.45, 7) is -0.397. The quantitative estimate of drug-likeness (QED) is 0.403. The van der Waals surface area contributed by atoms with E-state index in [2.05, 4.69) is 0 Å². The van der Waals surface area contributed by atoms with Gasteiger partial charge >= 0.3 is 17.9 Å². The summed E-state index contributed by atoms with van der Waals surface area (Å²) in [5.41, 5.74) is 0.618. The van der Waals surface area contributed by atoms with Gasteiger partial charge in [-0.1, -0.05) is 54.6 Å². The van der Waals surface area contributed by atoms with Gasteiger partial charge in [0.25, 0.3) is 0 Å². The molecule has 1 saturated heterocycles. The second-order valence-electron chi connectivity index (χ2n) is 7.47. The zero-order valence-electron chi connectivity index (χ0n) is 17.9. The second kappa shape index (κ2) is 10.7. The molecular formula is C26H21FO7. The van der Waals surface area contributed by atoms with Crippen molar-refractivity contribution in [3.05, 3.63) is 108 Å². The molecule has 1 heterocycles. The average Bonchev–Trinajstić information content (AvgIpc) is 2.89. The molecule has 0 bridgehead atoms. The minimum atomic E-state index is -2.10. The summed E-state index contributed by atoms with van der Waals surface area (Å²) in [4.78, 5) is 38.0. The smallest absolute Gasteiger partial charge is 0.338 e. The summed E-state index contributed by atoms with van der Waals surface area (Å²) in [6, 6.07) is 24.1. The van der Waals surface area contributed by atoms with Gasteiger partial charge in [-0.15, -0.1) is 0 Å². The first-order chi connectivity index (χ1) is 16.5. The molecule has 0 unspecified atom stereocenters. The van der Waals surface area contributed by atoms with Crippen LogP contribution in [0.5, 0.6) is 0 Å². The zero-order chi connectivity index (χ0) is 23.9. The summed E-state index contributed by atoms with van der Waals surface area (Å²) < 4.78 is 36.3. The highest BCUT2D eigenvalue weighted by Gasteiger charge is 2.48. The molecule has 0 spiro atoms. The van der Waals surface area contributed by atoms with Crippen molar-refractivity contribution in [2.24, 2.45) is 0 Å². The SMILES string of the molecule is O=C(O[C@H]1[C@H](OC(=O)c2ccccc2)[C@H](OC(=O)c2ccccc2)CO[C@@H]1F)c1ccccc1. The molecule has 34 heavy (non-hydrogen) atoms. The Kier molecular flexibility index (Phi) is 7.29. The number of halogens is 1. The van der Waals surface area contributed by atoms with E-state index in [9.17, 15) is 18.8 Å². The Balaban J connectivity index is 1.59. The van der Waals surface area contributed by atoms with Crippen LogP contribution < -0.4 is 0 Å². The fourth-order valence-corrected chi connectivity index (χ4v) is 3.41. The maximum Gasteiger partial charge on any atom is 0.338 e. The van der Waals surface area contributed by atoms with Gasteiger partial charge in [-0.05, 0) is 36.4 Å². The number of esters is 3. The third-order valence-electron chi connectivity index (χ3n) is 5.14. The van der Waals surface area contributed by atoms with Crippen LogP contribution in [0.4, 0.5) is 4.39 Å². The molecule has 0 aromatic heterocycles. The lowest BCUT2D eigenvalue weighted by Crippen LogP contribution is -2.56. The van der Waals surface area contributed by atoms with Crippen LogP contribution >= 0.6 is 0 Å². The highest BCUT2D eigenvalue weighted by Crippen LogP contribution is 2.27. The highest BCUT2D eigenvalue weighted by atomic mass is 19.1. The fourth-order valence-electron chi connectivity index (χ4n) is 3.41. The van der Waals surface area contributed by atoms with E-state index in [0.717, 1.165) is 0 Å². The van der Waals surface area contributed by atoms with Crippen molar-refractivity contribution in [1.29, 1.82) is 0 Å². The van der Waals surface area contributed by atoms with Crippen molar-refractivity contribution >= 4 is 17.9 Å². The molecule has 7 nitrogen and oxygen atoms in total. The highest BCUT2D eigenvalue weighted by molar-refractivity contribution is 5.91. The molecule has 1 aliphatic heterocycles. The van der Waals surface area contributed by atoms with Crippen molar-refractivity contribution in [2.45, 2.75) is 24.7 Å². The van der Waals surface area contributed by atoms with Gasteiger partial charge in [-0.3, -0.25) is 0 Å². The average molecular weight is 464 g/mol. The van der Waals surface area contributed by atoms with Gasteiger partial charge in [0.15, 0.2) is 18.3 Å². The first-order valence-corrected chi connectivity index (χ1v) is 10.6. The number of carbonyl (C=O) groups excluding carboxylic acids is 3. The number of hydrogen-bond acceptors (Lipinski definition) is 7. The number of alkyl halides is 1. The molecule has 1 aliphatic rings. The Labute approximate surface area is 195 Å². The van der Waals surface area contributed by atoms with E-state index in [-0.39, 0.29) is 16.7 Å². The van der Waals surface area contributed by atoms with E-state index in [1.165, 1.54) is 24.3 Å². The molecule has 174 valence electrons. The molecular weight excluding hydrogens is 443 g/mol. The zero-order valence-corrected chi connectivity index (χ0v) is 17.9. The third kappa shape index (κ3) is 5.47. The lowest BCUT2D eigenvalue weighted by Gasteiger charge is -2.37. The normalized spacial score (nSPS) is 21.8. The first-order valence-electron chi connectivity index (χ1n) is 10.6. The molecule has 0 amide bonds. The number of carbonyl (C=O) groups is 3. The molecule has 4 atom stereocenters. The van der Waals surface area contributed by atoms with Gasteiger partial charge in [0, 0.05) is 0 Å². The lowest BCUT2D eigenvalue weighted by molar-refractivity contribution is -0.225. The van der Waals surface area contributed by atoms with Gasteiger partial charge in [-0.2, -0.15) is 0 Å². The maximum atomic E-state index is 14.8. The molecule has 4 rings (SSSR count). The molecule has 0 saturated carbocycles. The molecule has 0 radical (unpaired) electrons. The van der Waals surface area contributed by atoms with Gasteiger partial charge in [-0.25, -0.2) is 18.8 Å². The predicted molar refractivity (Wildman–Crippen MR) is 118 cm³/mol. The number of rotatable bonds is 6. The van der Waals surface area contributed by atoms with Crippen molar-refractivity contribution in [3.63, 3.8) is 0 Å². The number of ether oxygens (including phenoxy) is 4. The molecule has 3 aromatic carbocycles. The van der Waals surface area contributed by atoms with Crippen LogP contribution in [0, 0.1) is 0 Å². The minimum absolute atomic E-state index is 0.172. The van der Waals surface area contributed by atoms with Crippen molar-refractivity contribution in [1.82, 2.24) is 0 Å². The third-order valence-corrected chi connectivity index (χ3v) is 5.14. The second-order valence-corrected chi connectivity index (χ2v) is 7.47. The lowest BCUT2D eigenvalue weighted by atomic mass is 10.0. The van der Waals surface area contributed by atoms with Gasteiger partial charge < -0.3 is 18.9 Å². The molecule has 1 fully saturated rings.